The average molecular weight is 2130 g/mol. The van der Waals surface area contributed by atoms with Crippen molar-refractivity contribution in [3.63, 3.8) is 0 Å². The normalized spacial score (nSPS) is 14.5. The van der Waals surface area contributed by atoms with Crippen LogP contribution in [0.5, 0.6) is 0 Å². The van der Waals surface area contributed by atoms with Gasteiger partial charge in [-0.3, -0.25) is 120 Å². The molecule has 12 amide bonds. The summed E-state index contributed by atoms with van der Waals surface area (Å²) >= 11 is 5.36. The van der Waals surface area contributed by atoms with E-state index in [-0.39, 0.29) is 141 Å². The number of rotatable bonds is 59. The zero-order valence-corrected chi connectivity index (χ0v) is 88.1. The van der Waals surface area contributed by atoms with Crippen molar-refractivity contribution in [2.45, 2.75) is 228 Å². The van der Waals surface area contributed by atoms with Crippen LogP contribution in [0.2, 0.25) is 0 Å². The minimum absolute atomic E-state index is 0.00107. The lowest BCUT2D eigenvalue weighted by atomic mass is 9.85. The molecule has 0 saturated carbocycles. The fourth-order valence-corrected chi connectivity index (χ4v) is 23.2. The van der Waals surface area contributed by atoms with Crippen molar-refractivity contribution in [1.82, 2.24) is 51.2 Å². The molecule has 12 rings (SSSR count). The van der Waals surface area contributed by atoms with Crippen LogP contribution in [0.25, 0.3) is 68.2 Å². The van der Waals surface area contributed by atoms with Gasteiger partial charge in [0.15, 0.2) is 34.7 Å². The Balaban J connectivity index is 0.547. The number of thiophene rings is 4. The monoisotopic (exact) mass is 2130 g/mol. The predicted molar refractivity (Wildman–Crippen MR) is 561 cm³/mol. The topological polar surface area (TPSA) is 560 Å². The second-order valence-electron chi connectivity index (χ2n) is 39.4. The first-order chi connectivity index (χ1) is 71.2. The molecule has 0 fully saturated rings. The van der Waals surface area contributed by atoms with Gasteiger partial charge in [-0.25, -0.2) is 4.79 Å². The van der Waals surface area contributed by atoms with E-state index in [1.54, 1.807) is 104 Å². The number of hydrogen-bond acceptors (Lipinski definition) is 27. The highest BCUT2D eigenvalue weighted by molar-refractivity contribution is 7.29. The molecule has 37 nitrogen and oxygen atoms in total. The quantitative estimate of drug-likeness (QED) is 0.00961. The van der Waals surface area contributed by atoms with E-state index in [4.69, 9.17) is 0 Å². The van der Waals surface area contributed by atoms with E-state index >= 15 is 0 Å². The van der Waals surface area contributed by atoms with E-state index in [1.807, 2.05) is 38.1 Å². The Kier molecular flexibility index (Phi) is 38.6. The van der Waals surface area contributed by atoms with E-state index in [0.717, 1.165) is 39.1 Å². The molecule has 5 aromatic heterocycles. The predicted octanol–water partition coefficient (Wildman–Crippen LogP) is 13.0. The number of imide groups is 3. The first-order valence-electron chi connectivity index (χ1n) is 50.2. The third-order valence-electron chi connectivity index (χ3n) is 27.4. The summed E-state index contributed by atoms with van der Waals surface area (Å²) in [6.45, 7) is 20.3. The molecule has 0 aliphatic carbocycles. The summed E-state index contributed by atoms with van der Waals surface area (Å²) in [6.07, 6.45) is -3.53. The smallest absolute Gasteiger partial charge is 0.326 e. The van der Waals surface area contributed by atoms with Crippen molar-refractivity contribution < 1.29 is 126 Å². The summed E-state index contributed by atoms with van der Waals surface area (Å²) in [5, 5.41) is 57.9. The second kappa shape index (κ2) is 50.7. The molecule has 0 radical (unpaired) electrons. The van der Waals surface area contributed by atoms with Crippen LogP contribution in [0.1, 0.15) is 279 Å². The molecule has 0 unspecified atom stereocenters. The van der Waals surface area contributed by atoms with Crippen LogP contribution in [-0.4, -0.2) is 226 Å². The molecule has 8 heterocycles. The number of carbonyl (C=O) groups is 22. The van der Waals surface area contributed by atoms with E-state index < -0.39 is 259 Å². The summed E-state index contributed by atoms with van der Waals surface area (Å²) in [5.41, 5.74) is 0.791. The van der Waals surface area contributed by atoms with Crippen LogP contribution in [0, 0.1) is 47.3 Å². The number of pyridine rings is 1. The highest BCUT2D eigenvalue weighted by Gasteiger charge is 2.43. The number of benzene rings is 4. The molecule has 4 aromatic carbocycles. The molecule has 3 aliphatic heterocycles. The maximum absolute atomic E-state index is 14.2. The van der Waals surface area contributed by atoms with Crippen LogP contribution in [-0.2, 0) is 73.7 Å². The average Bonchev–Trinajstić information content (AvgIpc) is 0.917. The van der Waals surface area contributed by atoms with Crippen molar-refractivity contribution in [2.24, 2.45) is 47.3 Å². The van der Waals surface area contributed by atoms with Gasteiger partial charge in [-0.15, -0.1) is 45.3 Å². The van der Waals surface area contributed by atoms with Gasteiger partial charge in [0.05, 0.1) is 46.9 Å². The van der Waals surface area contributed by atoms with Crippen molar-refractivity contribution in [2.75, 3.05) is 32.7 Å². The molecule has 10 N–H and O–H groups in total. The number of carbonyl (C=O) groups excluding carboxylic acids is 18. The number of unbranched alkanes of at least 4 members (excludes halogenated alkanes) is 2. The Bertz CT molecular complexity index is 6830. The SMILES string of the molecule is C=c1c2ccc3c4c(ccc(c(=O)n1CCCC[C@H](CC(=O)[C@@H](NC(=O)[C@H](CCC(=O)O)CC(=O)[C@@H](NC(=O)CCC(=O)CNC(=O)c1ccc(-c5ccc(-c6ccc(-c7ccc(C(=O)CCC(=O)NCC(=O)C[C@H](C(=O)N[C@@H](CCC(=O)O)C(=O)C[C@H](C(=O)N[C@@H](CCCCN8C(=O)c9ccc%10c%11c(ccc(c9%11)C8=O)C(=O)N(CCC)C%10=O)C(=O)O)C(C)C)C(C)C)s7)s6)s5)s1)C(C)C)C(C)C)C(=O)O)c42)C(=O)N(CCC)C3=O. The number of aliphatic carboxylic acids is 4. The highest BCUT2D eigenvalue weighted by atomic mass is 32.1. The van der Waals surface area contributed by atoms with Crippen LogP contribution in [0.15, 0.2) is 102 Å². The van der Waals surface area contributed by atoms with Gasteiger partial charge in [0.1, 0.15) is 6.04 Å². The third-order valence-corrected chi connectivity index (χ3v) is 32.3. The Hall–Kier alpha value is -14.5. The zero-order valence-electron chi connectivity index (χ0n) is 84.9. The first-order valence-corrected chi connectivity index (χ1v) is 53.5. The molecule has 41 heteroatoms. The van der Waals surface area contributed by atoms with Gasteiger partial charge in [0.2, 0.25) is 29.5 Å². The number of aromatic nitrogens is 1. The van der Waals surface area contributed by atoms with Gasteiger partial charge in [-0.1, -0.05) is 88.3 Å². The molecule has 9 aromatic rings. The summed E-state index contributed by atoms with van der Waals surface area (Å²) < 4.78 is 1.46. The van der Waals surface area contributed by atoms with Crippen LogP contribution in [0.3, 0.4) is 0 Å². The zero-order chi connectivity index (χ0) is 109. The van der Waals surface area contributed by atoms with Crippen LogP contribution >= 0.6 is 45.3 Å². The minimum Gasteiger partial charge on any atom is -0.481 e. The number of hydrogen-bond donors (Lipinski definition) is 10. The molecule has 3 aliphatic rings. The van der Waals surface area contributed by atoms with Gasteiger partial charge >= 0.3 is 23.9 Å². The molecule has 150 heavy (non-hydrogen) atoms. The summed E-state index contributed by atoms with van der Waals surface area (Å²) in [7, 11) is 0. The lowest BCUT2D eigenvalue weighted by molar-refractivity contribution is -0.144. The molecular formula is C109H122N10O27S4. The molecule has 8 atom stereocenters. The van der Waals surface area contributed by atoms with E-state index in [0.29, 0.717) is 55.2 Å². The minimum atomic E-state index is -1.50. The summed E-state index contributed by atoms with van der Waals surface area (Å²) in [4.78, 5) is 319. The largest absolute Gasteiger partial charge is 0.481 e. The maximum atomic E-state index is 14.2. The Morgan fingerprint density at radius 3 is 1.26 bits per heavy atom. The number of carboxylic acid groups (broad SMARTS) is 4. The van der Waals surface area contributed by atoms with Gasteiger partial charge in [-0.05, 0) is 172 Å². The van der Waals surface area contributed by atoms with Crippen molar-refractivity contribution in [3.05, 3.63) is 156 Å². The third kappa shape index (κ3) is 26.9. The van der Waals surface area contributed by atoms with Gasteiger partial charge in [-0.2, -0.15) is 0 Å². The highest BCUT2D eigenvalue weighted by Crippen LogP contribution is 2.45. The first kappa shape index (κ1) is 114. The summed E-state index contributed by atoms with van der Waals surface area (Å²) in [6, 6.07) is 21.3. The van der Waals surface area contributed by atoms with Crippen molar-refractivity contribution in [1.29, 1.82) is 0 Å². The van der Waals surface area contributed by atoms with E-state index in [1.165, 1.54) is 79.1 Å². The summed E-state index contributed by atoms with van der Waals surface area (Å²) in [5.74, 6) is -23.4. The lowest BCUT2D eigenvalue weighted by Gasteiger charge is -2.32. The van der Waals surface area contributed by atoms with Crippen LogP contribution < -0.4 is 42.8 Å². The molecule has 0 spiro atoms. The molecule has 0 bridgehead atoms. The Labute approximate surface area is 878 Å². The standard InChI is InChI=1S/C109H122N10O27S4/c1-12-44-117-102(137)65-23-22-63-58(11)116(101(136)64-24-25-66(103(117)138)92(65)91(63)64)46-16-14-18-60(108(143)144)49-78(125)96(57(9)10)115-97(132)59(20-42-89(128)129)48-77(124)95(56(7)8)114-88(127)40-21-61(120)52-111-100(135)86-39-38-85(150-86)84-37-36-83(149-84)82-35-34-81(148-82)80-33-32-79(147-80)75(122)31-41-87(126)110-53-62(121)50-71(54(3)4)98(133)112-73(30-43-90(130)131)76(123)51-72(55(5)6)99(134)113-74(109(145)146)19-15-17-47-119-106(141)69-28-26-67-93-68(27-29-70(94(69)93)107(119)142)105(140)118(45-13-2)104(67)139/h22-29,32-39,54-57,59-60,71-74,95-96H,11-21,30-31,40-53H2,1-10H3,(H,110,126)(H,111,135)(H,112,133)(H,113,134)(H,114,127)(H,115,132)(H,128,129)(H,130,131)(H,143,144)(H,145,146)/t59-,60-,71+,72+,73+,74+,95+,96+/m1/s1. The molecule has 0 saturated heterocycles. The van der Waals surface area contributed by atoms with E-state index in [2.05, 4.69) is 38.5 Å². The molecule has 794 valence electrons. The van der Waals surface area contributed by atoms with Crippen molar-refractivity contribution in [3.8, 4) is 29.3 Å². The van der Waals surface area contributed by atoms with Crippen LogP contribution in [0.4, 0.5) is 0 Å². The second-order valence-corrected chi connectivity index (χ2v) is 43.8. The fourth-order valence-electron chi connectivity index (χ4n) is 19.0. The number of carboxylic acids is 4. The Morgan fingerprint density at radius 1 is 0.347 bits per heavy atom. The number of Topliss-reactive ketones (excluding diaryl/α,β-unsaturated/α-hetero) is 6. The van der Waals surface area contributed by atoms with Gasteiger partial charge in [0, 0.05) is 208 Å². The van der Waals surface area contributed by atoms with Gasteiger partial charge < -0.3 is 56.9 Å². The number of nitrogens with one attached hydrogen (secondary N) is 6. The van der Waals surface area contributed by atoms with E-state index in [9.17, 15) is 131 Å². The van der Waals surface area contributed by atoms with Gasteiger partial charge in [0.25, 0.3) is 46.9 Å². The van der Waals surface area contributed by atoms with Crippen molar-refractivity contribution >= 4 is 214 Å². The fraction of sp³-hybridized carbons (Fsp3) is 0.440. The lowest BCUT2D eigenvalue weighted by Crippen LogP contribution is -2.49. The number of ketones is 6. The number of amides is 12. The number of nitrogens with zero attached hydrogens (tertiary/aromatic N) is 4. The Morgan fingerprint density at radius 2 is 0.767 bits per heavy atom. The molecular weight excluding hydrogens is 2010 g/mol. The maximum Gasteiger partial charge on any atom is 0.326 e.